The fourth-order valence-corrected chi connectivity index (χ4v) is 2.31. The molecular weight excluding hydrogens is 272 g/mol. The van der Waals surface area contributed by atoms with E-state index in [2.05, 4.69) is 10.0 Å². The Hall–Kier alpha value is -2.24. The first-order valence-corrected chi connectivity index (χ1v) is 6.75. The summed E-state index contributed by atoms with van der Waals surface area (Å²) in [4.78, 5) is 16.4. The molecule has 1 aliphatic rings. The van der Waals surface area contributed by atoms with Gasteiger partial charge in [-0.2, -0.15) is 0 Å². The summed E-state index contributed by atoms with van der Waals surface area (Å²) in [6.07, 6.45) is 0.0560. The van der Waals surface area contributed by atoms with Crippen molar-refractivity contribution < 1.29 is 14.3 Å². The summed E-state index contributed by atoms with van der Waals surface area (Å²) in [5, 5.41) is 3.68. The van der Waals surface area contributed by atoms with Crippen molar-refractivity contribution in [3.63, 3.8) is 0 Å². The Bertz CT molecular complexity index is 516. The number of likely N-dealkylation sites (tertiary alicyclic amines) is 1. The van der Waals surface area contributed by atoms with Crippen molar-refractivity contribution in [2.45, 2.75) is 25.2 Å². The molecule has 1 aliphatic heterocycles. The second-order valence-electron chi connectivity index (χ2n) is 4.90. The molecule has 0 aromatic heterocycles. The van der Waals surface area contributed by atoms with Gasteiger partial charge in [0, 0.05) is 18.6 Å². The number of azide groups is 1. The minimum absolute atomic E-state index is 0.140. The predicted molar refractivity (Wildman–Crippen MR) is 76.5 cm³/mol. The van der Waals surface area contributed by atoms with Crippen molar-refractivity contribution in [2.75, 3.05) is 20.2 Å². The summed E-state index contributed by atoms with van der Waals surface area (Å²) in [5.41, 5.74) is 9.47. The third-order valence-corrected chi connectivity index (χ3v) is 3.40. The Balaban J connectivity index is 1.92. The lowest BCUT2D eigenvalue weighted by Crippen LogP contribution is -2.48. The van der Waals surface area contributed by atoms with Gasteiger partial charge in [0.2, 0.25) is 0 Å². The first-order chi connectivity index (χ1) is 10.2. The largest absolute Gasteiger partial charge is 0.445 e. The van der Waals surface area contributed by atoms with Gasteiger partial charge < -0.3 is 14.4 Å². The normalized spacial score (nSPS) is 21.5. The molecule has 7 heteroatoms. The molecule has 1 amide bonds. The summed E-state index contributed by atoms with van der Waals surface area (Å²) in [6, 6.07) is 9.20. The third kappa shape index (κ3) is 4.37. The van der Waals surface area contributed by atoms with Gasteiger partial charge in [0.25, 0.3) is 0 Å². The Kier molecular flexibility index (Phi) is 5.43. The van der Waals surface area contributed by atoms with E-state index in [9.17, 15) is 4.79 Å². The average molecular weight is 290 g/mol. The van der Waals surface area contributed by atoms with Gasteiger partial charge in [-0.1, -0.05) is 35.4 Å². The van der Waals surface area contributed by atoms with E-state index in [0.717, 1.165) is 5.56 Å². The molecule has 1 saturated heterocycles. The molecule has 2 rings (SSSR count). The number of carbonyl (C=O) groups excluding carboxylic acids is 1. The fraction of sp³-hybridized carbons (Fsp3) is 0.500. The molecule has 0 N–H and O–H groups in total. The van der Waals surface area contributed by atoms with Crippen LogP contribution in [0.5, 0.6) is 0 Å². The van der Waals surface area contributed by atoms with Gasteiger partial charge in [-0.25, -0.2) is 4.79 Å². The highest BCUT2D eigenvalue weighted by Crippen LogP contribution is 2.17. The van der Waals surface area contributed by atoms with E-state index in [-0.39, 0.29) is 18.8 Å². The standard InChI is InChI=1S/C14H18N4O3/c1-20-13-7-12(16-17-15)8-18(9-13)14(19)21-10-11-5-3-2-4-6-11/h2-6,12-13H,7-10H2,1H3/t12-,13+/m0/s1. The quantitative estimate of drug-likeness (QED) is 0.485. The summed E-state index contributed by atoms with van der Waals surface area (Å²) >= 11 is 0. The number of rotatable bonds is 4. The van der Waals surface area contributed by atoms with Crippen LogP contribution in [0.1, 0.15) is 12.0 Å². The van der Waals surface area contributed by atoms with Gasteiger partial charge in [-0.05, 0) is 17.5 Å². The molecule has 0 radical (unpaired) electrons. The second kappa shape index (κ2) is 7.52. The lowest BCUT2D eigenvalue weighted by molar-refractivity contribution is 0.0157. The van der Waals surface area contributed by atoms with Crippen LogP contribution in [-0.4, -0.2) is 43.3 Å². The van der Waals surface area contributed by atoms with E-state index < -0.39 is 6.09 Å². The summed E-state index contributed by atoms with van der Waals surface area (Å²) < 4.78 is 10.6. The first-order valence-electron chi connectivity index (χ1n) is 6.75. The Labute approximate surface area is 123 Å². The van der Waals surface area contributed by atoms with Crippen molar-refractivity contribution >= 4 is 6.09 Å². The molecule has 0 saturated carbocycles. The summed E-state index contributed by atoms with van der Waals surface area (Å²) in [5.74, 6) is 0. The summed E-state index contributed by atoms with van der Waals surface area (Å²) in [7, 11) is 1.58. The highest BCUT2D eigenvalue weighted by atomic mass is 16.6. The molecule has 112 valence electrons. The number of benzene rings is 1. The number of amides is 1. The van der Waals surface area contributed by atoms with Crippen molar-refractivity contribution in [3.05, 3.63) is 46.3 Å². The van der Waals surface area contributed by atoms with Crippen LogP contribution < -0.4 is 0 Å². The van der Waals surface area contributed by atoms with Crippen LogP contribution in [0.3, 0.4) is 0 Å². The molecule has 0 bridgehead atoms. The molecule has 21 heavy (non-hydrogen) atoms. The van der Waals surface area contributed by atoms with Gasteiger partial charge in [-0.3, -0.25) is 0 Å². The molecular formula is C14H18N4O3. The number of hydrogen-bond acceptors (Lipinski definition) is 4. The second-order valence-corrected chi connectivity index (χ2v) is 4.90. The molecule has 1 aromatic carbocycles. The molecule has 7 nitrogen and oxygen atoms in total. The van der Waals surface area contributed by atoms with Crippen LogP contribution in [0.2, 0.25) is 0 Å². The number of hydrogen-bond donors (Lipinski definition) is 0. The fourth-order valence-electron chi connectivity index (χ4n) is 2.31. The van der Waals surface area contributed by atoms with Crippen molar-refractivity contribution in [3.8, 4) is 0 Å². The molecule has 0 spiro atoms. The predicted octanol–water partition coefficient (Wildman–Crippen LogP) is 2.72. The van der Waals surface area contributed by atoms with E-state index >= 15 is 0 Å². The van der Waals surface area contributed by atoms with E-state index in [4.69, 9.17) is 15.0 Å². The zero-order valence-corrected chi connectivity index (χ0v) is 11.9. The topological polar surface area (TPSA) is 87.5 Å². The maximum atomic E-state index is 12.1. The van der Waals surface area contributed by atoms with Crippen LogP contribution in [-0.2, 0) is 16.1 Å². The Morgan fingerprint density at radius 3 is 2.86 bits per heavy atom. The molecule has 2 atom stereocenters. The van der Waals surface area contributed by atoms with Gasteiger partial charge in [-0.15, -0.1) is 0 Å². The molecule has 0 aliphatic carbocycles. The van der Waals surface area contributed by atoms with Crippen LogP contribution >= 0.6 is 0 Å². The minimum atomic E-state index is -0.418. The van der Waals surface area contributed by atoms with E-state index in [1.165, 1.54) is 4.90 Å². The molecule has 1 heterocycles. The van der Waals surface area contributed by atoms with Crippen molar-refractivity contribution in [2.24, 2.45) is 5.11 Å². The van der Waals surface area contributed by atoms with Crippen LogP contribution in [0.4, 0.5) is 4.79 Å². The molecule has 0 unspecified atom stereocenters. The zero-order chi connectivity index (χ0) is 15.1. The van der Waals surface area contributed by atoms with Gasteiger partial charge in [0.05, 0.1) is 18.7 Å². The average Bonchev–Trinajstić information content (AvgIpc) is 2.53. The number of nitrogens with zero attached hydrogens (tertiary/aromatic N) is 4. The maximum Gasteiger partial charge on any atom is 0.410 e. The van der Waals surface area contributed by atoms with E-state index in [1.807, 2.05) is 30.3 Å². The lowest BCUT2D eigenvalue weighted by Gasteiger charge is -2.34. The highest BCUT2D eigenvalue weighted by molar-refractivity contribution is 5.68. The summed E-state index contributed by atoms with van der Waals surface area (Å²) in [6.45, 7) is 1.03. The van der Waals surface area contributed by atoms with Crippen molar-refractivity contribution in [1.82, 2.24) is 4.90 Å². The van der Waals surface area contributed by atoms with Crippen LogP contribution in [0.15, 0.2) is 35.4 Å². The highest BCUT2D eigenvalue weighted by Gasteiger charge is 2.30. The Morgan fingerprint density at radius 1 is 1.43 bits per heavy atom. The van der Waals surface area contributed by atoms with E-state index in [1.54, 1.807) is 7.11 Å². The molecule has 1 aromatic rings. The Morgan fingerprint density at radius 2 is 2.19 bits per heavy atom. The SMILES string of the molecule is CO[C@@H]1C[C@H](N=[N+]=[N-])CN(C(=O)OCc2ccccc2)C1. The van der Waals surface area contributed by atoms with Crippen LogP contribution in [0, 0.1) is 0 Å². The first kappa shape index (κ1) is 15.2. The van der Waals surface area contributed by atoms with Gasteiger partial charge in [0.1, 0.15) is 6.61 Å². The number of methoxy groups -OCH3 is 1. The maximum absolute atomic E-state index is 12.1. The monoisotopic (exact) mass is 290 g/mol. The third-order valence-electron chi connectivity index (χ3n) is 3.40. The van der Waals surface area contributed by atoms with Crippen LogP contribution in [0.25, 0.3) is 10.4 Å². The van der Waals surface area contributed by atoms with Crippen molar-refractivity contribution in [1.29, 1.82) is 0 Å². The van der Waals surface area contributed by atoms with Gasteiger partial charge >= 0.3 is 6.09 Å². The lowest BCUT2D eigenvalue weighted by atomic mass is 10.0. The van der Waals surface area contributed by atoms with Gasteiger partial charge in [0.15, 0.2) is 0 Å². The molecule has 1 fully saturated rings. The number of carbonyl (C=O) groups is 1. The number of ether oxygens (including phenoxy) is 2. The minimum Gasteiger partial charge on any atom is -0.445 e. The smallest absolute Gasteiger partial charge is 0.410 e. The van der Waals surface area contributed by atoms with E-state index in [0.29, 0.717) is 19.5 Å². The zero-order valence-electron chi connectivity index (χ0n) is 11.9. The number of piperidine rings is 1.